The second-order valence-electron chi connectivity index (χ2n) is 6.58. The maximum atomic E-state index is 5.05. The van der Waals surface area contributed by atoms with Gasteiger partial charge in [-0.2, -0.15) is 4.98 Å². The fourth-order valence-corrected chi connectivity index (χ4v) is 3.43. The van der Waals surface area contributed by atoms with Crippen molar-refractivity contribution in [3.8, 4) is 0 Å². The summed E-state index contributed by atoms with van der Waals surface area (Å²) in [4.78, 5) is 6.94. The number of piperazine rings is 1. The average molecular weight is 278 g/mol. The van der Waals surface area contributed by atoms with E-state index in [1.807, 2.05) is 6.92 Å². The van der Waals surface area contributed by atoms with E-state index >= 15 is 0 Å². The molecule has 0 spiro atoms. The molecule has 5 nitrogen and oxygen atoms in total. The zero-order chi connectivity index (χ0) is 14.2. The normalized spacial score (nSPS) is 31.6. The molecular weight excluding hydrogens is 252 g/mol. The Morgan fingerprint density at radius 3 is 2.85 bits per heavy atom. The van der Waals surface area contributed by atoms with Crippen LogP contribution < -0.4 is 5.32 Å². The Labute approximate surface area is 121 Å². The molecule has 2 fully saturated rings. The van der Waals surface area contributed by atoms with Crippen molar-refractivity contribution in [1.29, 1.82) is 0 Å². The Balaban J connectivity index is 1.61. The maximum Gasteiger partial charge on any atom is 0.223 e. The smallest absolute Gasteiger partial charge is 0.223 e. The third-order valence-electron chi connectivity index (χ3n) is 4.93. The van der Waals surface area contributed by atoms with Gasteiger partial charge in [-0.25, -0.2) is 0 Å². The molecule has 2 unspecified atom stereocenters. The molecule has 1 aliphatic heterocycles. The molecule has 0 amide bonds. The number of rotatable bonds is 5. The lowest BCUT2D eigenvalue weighted by atomic mass is 9.90. The molecule has 20 heavy (non-hydrogen) atoms. The summed E-state index contributed by atoms with van der Waals surface area (Å²) in [5.74, 6) is 2.37. The van der Waals surface area contributed by atoms with Crippen molar-refractivity contribution in [2.75, 3.05) is 19.6 Å². The Morgan fingerprint density at radius 2 is 2.25 bits per heavy atom. The monoisotopic (exact) mass is 278 g/mol. The number of aromatic nitrogens is 2. The molecule has 2 heterocycles. The van der Waals surface area contributed by atoms with E-state index in [1.165, 1.54) is 19.3 Å². The summed E-state index contributed by atoms with van der Waals surface area (Å²) in [7, 11) is 0. The minimum atomic E-state index is 0.304. The minimum absolute atomic E-state index is 0.304. The average Bonchev–Trinajstić information content (AvgIpc) is 3.21. The molecule has 1 saturated carbocycles. The highest BCUT2D eigenvalue weighted by molar-refractivity contribution is 5.04. The highest BCUT2D eigenvalue weighted by Crippen LogP contribution is 2.41. The van der Waals surface area contributed by atoms with E-state index < -0.39 is 0 Å². The number of aryl methyl sites for hydroxylation is 1. The van der Waals surface area contributed by atoms with Crippen LogP contribution in [0.2, 0.25) is 0 Å². The van der Waals surface area contributed by atoms with Crippen LogP contribution in [0, 0.1) is 12.8 Å². The fraction of sp³-hybridized carbons (Fsp3) is 0.867. The van der Waals surface area contributed by atoms with Crippen LogP contribution in [0.4, 0.5) is 0 Å². The number of hydrogen-bond donors (Lipinski definition) is 1. The lowest BCUT2D eigenvalue weighted by Gasteiger charge is -2.46. The molecular formula is C15H26N4O. The number of hydrogen-bond acceptors (Lipinski definition) is 5. The van der Waals surface area contributed by atoms with Gasteiger partial charge in [-0.15, -0.1) is 0 Å². The minimum Gasteiger partial charge on any atom is -0.340 e. The highest BCUT2D eigenvalue weighted by atomic mass is 16.5. The van der Waals surface area contributed by atoms with Crippen LogP contribution in [0.15, 0.2) is 4.52 Å². The lowest BCUT2D eigenvalue weighted by molar-refractivity contribution is 0.0734. The maximum absolute atomic E-state index is 5.05. The molecule has 3 rings (SSSR count). The first kappa shape index (κ1) is 14.0. The Bertz CT molecular complexity index is 456. The Morgan fingerprint density at radius 1 is 1.45 bits per heavy atom. The lowest BCUT2D eigenvalue weighted by Crippen LogP contribution is -2.64. The molecule has 0 aromatic carbocycles. The van der Waals surface area contributed by atoms with Gasteiger partial charge in [0.15, 0.2) is 5.82 Å². The van der Waals surface area contributed by atoms with Crippen LogP contribution >= 0.6 is 0 Å². The Hall–Kier alpha value is -0.940. The molecule has 0 bridgehead atoms. The molecule has 1 aromatic heterocycles. The number of nitrogens with zero attached hydrogens (tertiary/aromatic N) is 3. The summed E-state index contributed by atoms with van der Waals surface area (Å²) in [5.41, 5.74) is 0.304. The van der Waals surface area contributed by atoms with Crippen molar-refractivity contribution in [2.24, 2.45) is 5.92 Å². The first-order chi connectivity index (χ1) is 9.60. The zero-order valence-electron chi connectivity index (χ0n) is 12.9. The third kappa shape index (κ3) is 2.88. The molecule has 0 radical (unpaired) electrons. The van der Waals surface area contributed by atoms with Crippen LogP contribution in [0.5, 0.6) is 0 Å². The van der Waals surface area contributed by atoms with Crippen molar-refractivity contribution in [1.82, 2.24) is 20.4 Å². The molecule has 1 N–H and O–H groups in total. The topological polar surface area (TPSA) is 54.2 Å². The molecule has 112 valence electrons. The third-order valence-corrected chi connectivity index (χ3v) is 4.93. The summed E-state index contributed by atoms with van der Waals surface area (Å²) in [6, 6.07) is 0.634. The second kappa shape index (κ2) is 5.45. The van der Waals surface area contributed by atoms with E-state index in [0.29, 0.717) is 17.5 Å². The van der Waals surface area contributed by atoms with E-state index in [-0.39, 0.29) is 0 Å². The van der Waals surface area contributed by atoms with E-state index in [2.05, 4.69) is 34.2 Å². The molecule has 1 aliphatic carbocycles. The van der Waals surface area contributed by atoms with Gasteiger partial charge in [-0.05, 0) is 32.1 Å². The SMILES string of the molecule is CCC1CNC(C)(C2CC2)CN1CCc1noc(C)n1. The van der Waals surface area contributed by atoms with Gasteiger partial charge in [0.1, 0.15) is 0 Å². The molecule has 2 atom stereocenters. The first-order valence-electron chi connectivity index (χ1n) is 7.89. The molecule has 5 heteroatoms. The summed E-state index contributed by atoms with van der Waals surface area (Å²) >= 11 is 0. The van der Waals surface area contributed by atoms with Crippen LogP contribution in [0.25, 0.3) is 0 Å². The van der Waals surface area contributed by atoms with Gasteiger partial charge in [0.25, 0.3) is 0 Å². The fourth-order valence-electron chi connectivity index (χ4n) is 3.43. The van der Waals surface area contributed by atoms with E-state index in [4.69, 9.17) is 4.52 Å². The number of nitrogens with one attached hydrogen (secondary N) is 1. The van der Waals surface area contributed by atoms with Crippen LogP contribution in [-0.4, -0.2) is 46.3 Å². The quantitative estimate of drug-likeness (QED) is 0.889. The first-order valence-corrected chi connectivity index (χ1v) is 7.89. The van der Waals surface area contributed by atoms with Crippen molar-refractivity contribution < 1.29 is 4.52 Å². The predicted octanol–water partition coefficient (Wildman–Crippen LogP) is 1.77. The van der Waals surface area contributed by atoms with Crippen molar-refractivity contribution in [2.45, 2.75) is 58.0 Å². The molecule has 1 aromatic rings. The summed E-state index contributed by atoms with van der Waals surface area (Å²) in [6.07, 6.45) is 4.85. The summed E-state index contributed by atoms with van der Waals surface area (Å²) in [6.45, 7) is 9.79. The van der Waals surface area contributed by atoms with E-state index in [0.717, 1.165) is 37.8 Å². The van der Waals surface area contributed by atoms with Gasteiger partial charge >= 0.3 is 0 Å². The zero-order valence-corrected chi connectivity index (χ0v) is 12.9. The molecule has 1 saturated heterocycles. The van der Waals surface area contributed by atoms with Gasteiger partial charge in [0.05, 0.1) is 0 Å². The van der Waals surface area contributed by atoms with Gasteiger partial charge < -0.3 is 9.84 Å². The van der Waals surface area contributed by atoms with Gasteiger partial charge in [0.2, 0.25) is 5.89 Å². The van der Waals surface area contributed by atoms with Gasteiger partial charge in [-0.1, -0.05) is 12.1 Å². The van der Waals surface area contributed by atoms with Crippen LogP contribution in [0.1, 0.15) is 44.8 Å². The molecule has 2 aliphatic rings. The van der Waals surface area contributed by atoms with Crippen LogP contribution in [-0.2, 0) is 6.42 Å². The van der Waals surface area contributed by atoms with Crippen molar-refractivity contribution >= 4 is 0 Å². The van der Waals surface area contributed by atoms with Crippen molar-refractivity contribution in [3.05, 3.63) is 11.7 Å². The van der Waals surface area contributed by atoms with Crippen LogP contribution in [0.3, 0.4) is 0 Å². The standard InChI is InChI=1S/C15H26N4O/c1-4-13-9-16-15(3,12-5-6-12)10-19(13)8-7-14-17-11(2)20-18-14/h12-13,16H,4-10H2,1-3H3. The largest absolute Gasteiger partial charge is 0.340 e. The van der Waals surface area contributed by atoms with Gasteiger partial charge in [0, 0.05) is 44.6 Å². The Kier molecular flexibility index (Phi) is 3.82. The van der Waals surface area contributed by atoms with Crippen molar-refractivity contribution in [3.63, 3.8) is 0 Å². The predicted molar refractivity (Wildman–Crippen MR) is 77.5 cm³/mol. The summed E-state index contributed by atoms with van der Waals surface area (Å²) < 4.78 is 5.05. The highest BCUT2D eigenvalue weighted by Gasteiger charge is 2.45. The van der Waals surface area contributed by atoms with E-state index in [9.17, 15) is 0 Å². The second-order valence-corrected chi connectivity index (χ2v) is 6.58. The summed E-state index contributed by atoms with van der Waals surface area (Å²) in [5, 5.41) is 7.81. The van der Waals surface area contributed by atoms with Gasteiger partial charge in [-0.3, -0.25) is 4.90 Å². The van der Waals surface area contributed by atoms with E-state index in [1.54, 1.807) is 0 Å².